The van der Waals surface area contributed by atoms with E-state index in [-0.39, 0.29) is 11.9 Å². The number of carbonyl (C=O) groups is 1. The summed E-state index contributed by atoms with van der Waals surface area (Å²) in [7, 11) is 0. The zero-order chi connectivity index (χ0) is 17.9. The zero-order valence-electron chi connectivity index (χ0n) is 15.0. The molecule has 0 radical (unpaired) electrons. The van der Waals surface area contributed by atoms with Gasteiger partial charge in [0.1, 0.15) is 0 Å². The molecule has 4 heteroatoms. The Bertz CT molecular complexity index is 897. The lowest BCUT2D eigenvalue weighted by Crippen LogP contribution is -2.31. The molecule has 26 heavy (non-hydrogen) atoms. The van der Waals surface area contributed by atoms with Gasteiger partial charge in [0.05, 0.1) is 18.8 Å². The fraction of sp³-hybridized carbons (Fsp3) is 0.273. The number of carbonyl (C=O) groups excluding carboxylic acids is 1. The van der Waals surface area contributed by atoms with Crippen molar-refractivity contribution in [1.29, 1.82) is 0 Å². The summed E-state index contributed by atoms with van der Waals surface area (Å²) in [5.41, 5.74) is 5.51. The van der Waals surface area contributed by atoms with E-state index in [1.54, 1.807) is 0 Å². The number of rotatable bonds is 4. The number of nitrogens with one attached hydrogen (secondary N) is 1. The molecule has 0 fully saturated rings. The quantitative estimate of drug-likeness (QED) is 0.775. The predicted molar refractivity (Wildman–Crippen MR) is 102 cm³/mol. The Labute approximate surface area is 153 Å². The lowest BCUT2D eigenvalue weighted by molar-refractivity contribution is 0.0932. The molecule has 0 bridgehead atoms. The molecule has 0 spiro atoms. The number of benzene rings is 2. The van der Waals surface area contributed by atoms with E-state index in [1.807, 2.05) is 43.5 Å². The standard InChI is InChI=1S/C22H23N3O/c1-16-10-12-18(13-11-16)22(26)24-20-8-5-9-21-19(20)14-23-25(21)15-17-6-3-2-4-7-17/h2-4,6-7,10-14,20H,5,8-9,15H2,1H3,(H,24,26). The first kappa shape index (κ1) is 16.6. The molecule has 1 heterocycles. The van der Waals surface area contributed by atoms with E-state index < -0.39 is 0 Å². The highest BCUT2D eigenvalue weighted by molar-refractivity contribution is 5.94. The SMILES string of the molecule is Cc1ccc(C(=O)NC2CCCc3c2cnn3Cc2ccccc2)cc1. The van der Waals surface area contributed by atoms with Crippen LogP contribution < -0.4 is 5.32 Å². The highest BCUT2D eigenvalue weighted by atomic mass is 16.1. The van der Waals surface area contributed by atoms with Crippen LogP contribution in [0, 0.1) is 6.92 Å². The normalized spacial score (nSPS) is 16.1. The molecular weight excluding hydrogens is 322 g/mol. The van der Waals surface area contributed by atoms with Crippen LogP contribution in [-0.4, -0.2) is 15.7 Å². The topological polar surface area (TPSA) is 46.9 Å². The molecular formula is C22H23N3O. The van der Waals surface area contributed by atoms with Gasteiger partial charge in [-0.25, -0.2) is 0 Å². The molecule has 0 saturated carbocycles. The van der Waals surface area contributed by atoms with Crippen molar-refractivity contribution in [1.82, 2.24) is 15.1 Å². The molecule has 1 atom stereocenters. The van der Waals surface area contributed by atoms with Gasteiger partial charge in [0.15, 0.2) is 0 Å². The number of nitrogens with zero attached hydrogens (tertiary/aromatic N) is 2. The highest BCUT2D eigenvalue weighted by Gasteiger charge is 2.25. The average molecular weight is 345 g/mol. The van der Waals surface area contributed by atoms with Crippen molar-refractivity contribution in [2.45, 2.75) is 38.8 Å². The Balaban J connectivity index is 1.52. The van der Waals surface area contributed by atoms with Crippen LogP contribution in [-0.2, 0) is 13.0 Å². The molecule has 0 saturated heterocycles. The molecule has 1 aliphatic carbocycles. The first-order chi connectivity index (χ1) is 12.7. The van der Waals surface area contributed by atoms with Gasteiger partial charge in [0.25, 0.3) is 5.91 Å². The average Bonchev–Trinajstić information content (AvgIpc) is 3.07. The summed E-state index contributed by atoms with van der Waals surface area (Å²) < 4.78 is 2.08. The van der Waals surface area contributed by atoms with Gasteiger partial charge in [0, 0.05) is 16.8 Å². The Morgan fingerprint density at radius 1 is 1.15 bits per heavy atom. The Hall–Kier alpha value is -2.88. The largest absolute Gasteiger partial charge is 0.345 e. The van der Waals surface area contributed by atoms with E-state index in [9.17, 15) is 4.79 Å². The molecule has 3 aromatic rings. The summed E-state index contributed by atoms with van der Waals surface area (Å²) >= 11 is 0. The fourth-order valence-corrected chi connectivity index (χ4v) is 3.61. The summed E-state index contributed by atoms with van der Waals surface area (Å²) in [5.74, 6) is -0.0151. The molecule has 4 rings (SSSR count). The maximum atomic E-state index is 12.6. The van der Waals surface area contributed by atoms with E-state index in [4.69, 9.17) is 0 Å². The fourth-order valence-electron chi connectivity index (χ4n) is 3.61. The van der Waals surface area contributed by atoms with Gasteiger partial charge in [-0.1, -0.05) is 48.0 Å². The van der Waals surface area contributed by atoms with E-state index >= 15 is 0 Å². The lowest BCUT2D eigenvalue weighted by atomic mass is 9.92. The van der Waals surface area contributed by atoms with Crippen LogP contribution in [0.5, 0.6) is 0 Å². The van der Waals surface area contributed by atoms with Crippen LogP contribution in [0.2, 0.25) is 0 Å². The molecule has 1 N–H and O–H groups in total. The van der Waals surface area contributed by atoms with Gasteiger partial charge in [-0.2, -0.15) is 5.10 Å². The van der Waals surface area contributed by atoms with Crippen LogP contribution >= 0.6 is 0 Å². The first-order valence-corrected chi connectivity index (χ1v) is 9.17. The van der Waals surface area contributed by atoms with E-state index in [2.05, 4.69) is 39.4 Å². The summed E-state index contributed by atoms with van der Waals surface area (Å²) in [6.45, 7) is 2.80. The number of aryl methyl sites for hydroxylation is 1. The van der Waals surface area contributed by atoms with Gasteiger partial charge in [-0.05, 0) is 43.9 Å². The minimum atomic E-state index is -0.0151. The smallest absolute Gasteiger partial charge is 0.251 e. The zero-order valence-corrected chi connectivity index (χ0v) is 15.0. The van der Waals surface area contributed by atoms with Crippen LogP contribution in [0.4, 0.5) is 0 Å². The van der Waals surface area contributed by atoms with Crippen molar-refractivity contribution < 1.29 is 4.79 Å². The third-order valence-electron chi connectivity index (χ3n) is 5.06. The number of hydrogen-bond acceptors (Lipinski definition) is 2. The molecule has 1 aliphatic rings. The Morgan fingerprint density at radius 3 is 2.69 bits per heavy atom. The highest BCUT2D eigenvalue weighted by Crippen LogP contribution is 2.30. The minimum absolute atomic E-state index is 0.0151. The third kappa shape index (κ3) is 3.40. The molecule has 4 nitrogen and oxygen atoms in total. The van der Waals surface area contributed by atoms with Crippen molar-refractivity contribution in [2.75, 3.05) is 0 Å². The second-order valence-electron chi connectivity index (χ2n) is 6.97. The van der Waals surface area contributed by atoms with E-state index in [0.29, 0.717) is 5.56 Å². The molecule has 2 aromatic carbocycles. The second-order valence-corrected chi connectivity index (χ2v) is 6.97. The number of hydrogen-bond donors (Lipinski definition) is 1. The first-order valence-electron chi connectivity index (χ1n) is 9.17. The maximum Gasteiger partial charge on any atom is 0.251 e. The summed E-state index contributed by atoms with van der Waals surface area (Å²) in [5, 5.41) is 7.80. The van der Waals surface area contributed by atoms with Crippen molar-refractivity contribution >= 4 is 5.91 Å². The van der Waals surface area contributed by atoms with E-state index in [0.717, 1.165) is 36.9 Å². The maximum absolute atomic E-state index is 12.6. The lowest BCUT2D eigenvalue weighted by Gasteiger charge is -2.24. The van der Waals surface area contributed by atoms with Gasteiger partial charge in [0.2, 0.25) is 0 Å². The van der Waals surface area contributed by atoms with Crippen molar-refractivity contribution in [2.24, 2.45) is 0 Å². The third-order valence-corrected chi connectivity index (χ3v) is 5.06. The molecule has 1 amide bonds. The van der Waals surface area contributed by atoms with E-state index in [1.165, 1.54) is 11.3 Å². The number of fused-ring (bicyclic) bond motifs is 1. The second kappa shape index (κ2) is 7.16. The van der Waals surface area contributed by atoms with Crippen LogP contribution in [0.25, 0.3) is 0 Å². The van der Waals surface area contributed by atoms with Gasteiger partial charge in [-0.3, -0.25) is 9.48 Å². The monoisotopic (exact) mass is 345 g/mol. The van der Waals surface area contributed by atoms with Crippen LogP contribution in [0.1, 0.15) is 51.6 Å². The van der Waals surface area contributed by atoms with Crippen LogP contribution in [0.15, 0.2) is 60.8 Å². The predicted octanol–water partition coefficient (Wildman–Crippen LogP) is 4.05. The summed E-state index contributed by atoms with van der Waals surface area (Å²) in [6, 6.07) is 18.1. The molecule has 132 valence electrons. The molecule has 0 aliphatic heterocycles. The van der Waals surface area contributed by atoms with Gasteiger partial charge < -0.3 is 5.32 Å². The van der Waals surface area contributed by atoms with Crippen molar-refractivity contribution in [3.05, 3.63) is 88.7 Å². The Morgan fingerprint density at radius 2 is 1.92 bits per heavy atom. The van der Waals surface area contributed by atoms with Crippen LogP contribution in [0.3, 0.4) is 0 Å². The molecule has 1 unspecified atom stereocenters. The van der Waals surface area contributed by atoms with Crippen molar-refractivity contribution in [3.8, 4) is 0 Å². The number of amides is 1. The molecule has 1 aromatic heterocycles. The summed E-state index contributed by atoms with van der Waals surface area (Å²) in [6.07, 6.45) is 4.96. The Kier molecular flexibility index (Phi) is 4.57. The van der Waals surface area contributed by atoms with Gasteiger partial charge >= 0.3 is 0 Å². The number of aromatic nitrogens is 2. The minimum Gasteiger partial charge on any atom is -0.345 e. The summed E-state index contributed by atoms with van der Waals surface area (Å²) in [4.78, 5) is 12.6. The van der Waals surface area contributed by atoms with Crippen molar-refractivity contribution in [3.63, 3.8) is 0 Å². The van der Waals surface area contributed by atoms with Gasteiger partial charge in [-0.15, -0.1) is 0 Å².